The van der Waals surface area contributed by atoms with Gasteiger partial charge < -0.3 is 15.4 Å². The molecular formula is C33H28ClN5O3S. The second-order valence-corrected chi connectivity index (χ2v) is 10.9. The van der Waals surface area contributed by atoms with E-state index in [1.807, 2.05) is 79.9 Å². The smallest absolute Gasteiger partial charge is 0.271 e. The molecule has 0 spiro atoms. The van der Waals surface area contributed by atoms with Gasteiger partial charge in [-0.25, -0.2) is 10.4 Å². The molecule has 0 aliphatic heterocycles. The summed E-state index contributed by atoms with van der Waals surface area (Å²) in [7, 11) is 0. The summed E-state index contributed by atoms with van der Waals surface area (Å²) in [5, 5.41) is 13.4. The van der Waals surface area contributed by atoms with Gasteiger partial charge >= 0.3 is 0 Å². The fourth-order valence-corrected chi connectivity index (χ4v) is 4.96. The summed E-state index contributed by atoms with van der Waals surface area (Å²) in [6, 6.07) is 27.6. The summed E-state index contributed by atoms with van der Waals surface area (Å²) >= 11 is 7.67. The van der Waals surface area contributed by atoms with E-state index < -0.39 is 0 Å². The van der Waals surface area contributed by atoms with Crippen LogP contribution in [-0.4, -0.2) is 29.6 Å². The maximum atomic E-state index is 12.7. The van der Waals surface area contributed by atoms with Gasteiger partial charge in [-0.3, -0.25) is 9.59 Å². The number of aryl methyl sites for hydroxylation is 2. The molecule has 2 amide bonds. The molecule has 5 rings (SSSR count). The second-order valence-electron chi connectivity index (χ2n) is 9.62. The first-order chi connectivity index (χ1) is 20.8. The van der Waals surface area contributed by atoms with Crippen LogP contribution in [0.2, 0.25) is 5.02 Å². The molecule has 216 valence electrons. The standard InChI is InChI=1S/C33H28ClN5O3S/c1-21-8-14-28(16-22(21)2)36-31(40)19-42-30-15-13-26(34)17-25(30)18-35-39-32(41)24-11-9-23(10-12-24)29-20-43-33(38-29)37-27-6-4-3-5-7-27/h3-18,20H,19H2,1-2H3,(H,36,40)(H,37,38)(H,39,41)/b35-18+. The fourth-order valence-electron chi connectivity index (χ4n) is 4.04. The highest BCUT2D eigenvalue weighted by Gasteiger charge is 2.10. The zero-order valence-electron chi connectivity index (χ0n) is 23.4. The van der Waals surface area contributed by atoms with Crippen molar-refractivity contribution in [1.82, 2.24) is 10.4 Å². The van der Waals surface area contributed by atoms with Gasteiger partial charge in [-0.1, -0.05) is 48.0 Å². The lowest BCUT2D eigenvalue weighted by molar-refractivity contribution is -0.118. The molecule has 43 heavy (non-hydrogen) atoms. The van der Waals surface area contributed by atoms with Crippen LogP contribution in [0.1, 0.15) is 27.0 Å². The number of thiazole rings is 1. The third-order valence-corrected chi connectivity index (χ3v) is 7.46. The number of benzene rings is 4. The third-order valence-electron chi connectivity index (χ3n) is 6.46. The summed E-state index contributed by atoms with van der Waals surface area (Å²) < 4.78 is 5.73. The number of nitrogens with zero attached hydrogens (tertiary/aromatic N) is 2. The number of hydrogen-bond acceptors (Lipinski definition) is 7. The maximum Gasteiger partial charge on any atom is 0.271 e. The Balaban J connectivity index is 1.16. The number of para-hydroxylation sites is 1. The normalized spacial score (nSPS) is 10.9. The third kappa shape index (κ3) is 8.06. The van der Waals surface area contributed by atoms with Gasteiger partial charge in [0.1, 0.15) is 5.75 Å². The number of amides is 2. The highest BCUT2D eigenvalue weighted by Crippen LogP contribution is 2.27. The molecule has 0 saturated heterocycles. The summed E-state index contributed by atoms with van der Waals surface area (Å²) in [5.74, 6) is -0.296. The van der Waals surface area contributed by atoms with Crippen molar-refractivity contribution in [3.8, 4) is 17.0 Å². The average molecular weight is 610 g/mol. The number of aromatic nitrogens is 1. The summed E-state index contributed by atoms with van der Waals surface area (Å²) in [4.78, 5) is 29.8. The van der Waals surface area contributed by atoms with Crippen molar-refractivity contribution >= 4 is 57.5 Å². The Morgan fingerprint density at radius 2 is 1.72 bits per heavy atom. The highest BCUT2D eigenvalue weighted by atomic mass is 35.5. The number of rotatable bonds is 10. The van der Waals surface area contributed by atoms with Crippen LogP contribution < -0.4 is 20.8 Å². The molecule has 3 N–H and O–H groups in total. The van der Waals surface area contributed by atoms with Crippen molar-refractivity contribution < 1.29 is 14.3 Å². The van der Waals surface area contributed by atoms with Gasteiger partial charge in [-0.15, -0.1) is 11.3 Å². The van der Waals surface area contributed by atoms with Crippen LogP contribution in [0.15, 0.2) is 101 Å². The molecule has 0 atom stereocenters. The van der Waals surface area contributed by atoms with Crippen molar-refractivity contribution in [2.24, 2.45) is 5.10 Å². The Morgan fingerprint density at radius 1 is 0.930 bits per heavy atom. The maximum absolute atomic E-state index is 12.7. The monoisotopic (exact) mass is 609 g/mol. The van der Waals surface area contributed by atoms with Crippen LogP contribution in [0.5, 0.6) is 5.75 Å². The van der Waals surface area contributed by atoms with Gasteiger partial charge in [0, 0.05) is 38.5 Å². The number of ether oxygens (including phenoxy) is 1. The van der Waals surface area contributed by atoms with Gasteiger partial charge in [-0.05, 0) is 79.6 Å². The highest BCUT2D eigenvalue weighted by molar-refractivity contribution is 7.14. The van der Waals surface area contributed by atoms with E-state index in [-0.39, 0.29) is 18.4 Å². The SMILES string of the molecule is Cc1ccc(NC(=O)COc2ccc(Cl)cc2/C=N/NC(=O)c2ccc(-c3csc(Nc4ccccc4)n3)cc2)cc1C. The molecule has 0 aliphatic carbocycles. The Bertz CT molecular complexity index is 1770. The van der Waals surface area contributed by atoms with E-state index >= 15 is 0 Å². The van der Waals surface area contributed by atoms with Gasteiger partial charge in [0.05, 0.1) is 11.9 Å². The van der Waals surface area contributed by atoms with Crippen LogP contribution >= 0.6 is 22.9 Å². The number of halogens is 1. The molecule has 4 aromatic carbocycles. The lowest BCUT2D eigenvalue weighted by atomic mass is 10.1. The first-order valence-electron chi connectivity index (χ1n) is 13.3. The van der Waals surface area contributed by atoms with Crippen LogP contribution in [0.25, 0.3) is 11.3 Å². The van der Waals surface area contributed by atoms with Crippen LogP contribution in [0.4, 0.5) is 16.5 Å². The Kier molecular flexibility index (Phi) is 9.46. The van der Waals surface area contributed by atoms with E-state index in [1.165, 1.54) is 17.6 Å². The van der Waals surface area contributed by atoms with Gasteiger partial charge in [0.2, 0.25) is 0 Å². The zero-order chi connectivity index (χ0) is 30.2. The molecule has 0 unspecified atom stereocenters. The van der Waals surface area contributed by atoms with Crippen LogP contribution in [-0.2, 0) is 4.79 Å². The molecule has 0 bridgehead atoms. The Hall–Kier alpha value is -4.99. The lowest BCUT2D eigenvalue weighted by Gasteiger charge is -2.11. The molecule has 1 aromatic heterocycles. The Labute approximate surface area is 258 Å². The molecule has 0 saturated carbocycles. The molecule has 0 fully saturated rings. The van der Waals surface area contributed by atoms with E-state index in [0.717, 1.165) is 33.2 Å². The number of hydrogen-bond donors (Lipinski definition) is 3. The molecular weight excluding hydrogens is 582 g/mol. The zero-order valence-corrected chi connectivity index (χ0v) is 25.0. The predicted octanol–water partition coefficient (Wildman–Crippen LogP) is 7.61. The van der Waals surface area contributed by atoms with E-state index in [2.05, 4.69) is 26.1 Å². The molecule has 1 heterocycles. The van der Waals surface area contributed by atoms with Crippen molar-refractivity contribution in [1.29, 1.82) is 0 Å². The van der Waals surface area contributed by atoms with E-state index in [1.54, 1.807) is 30.3 Å². The van der Waals surface area contributed by atoms with Crippen molar-refractivity contribution in [2.45, 2.75) is 13.8 Å². The van der Waals surface area contributed by atoms with E-state index in [4.69, 9.17) is 16.3 Å². The minimum absolute atomic E-state index is 0.211. The van der Waals surface area contributed by atoms with E-state index in [0.29, 0.717) is 27.6 Å². The minimum atomic E-state index is -0.384. The van der Waals surface area contributed by atoms with Gasteiger partial charge in [-0.2, -0.15) is 5.10 Å². The van der Waals surface area contributed by atoms with Crippen molar-refractivity contribution in [2.75, 3.05) is 17.2 Å². The molecule has 0 radical (unpaired) electrons. The number of anilines is 3. The topological polar surface area (TPSA) is 105 Å². The number of nitrogens with one attached hydrogen (secondary N) is 3. The molecule has 8 nitrogen and oxygen atoms in total. The molecule has 0 aliphatic rings. The summed E-state index contributed by atoms with van der Waals surface area (Å²) in [5.41, 5.74) is 9.04. The predicted molar refractivity (Wildman–Crippen MR) is 174 cm³/mol. The van der Waals surface area contributed by atoms with Crippen LogP contribution in [0.3, 0.4) is 0 Å². The average Bonchev–Trinajstić information content (AvgIpc) is 3.47. The first-order valence-corrected chi connectivity index (χ1v) is 14.6. The summed E-state index contributed by atoms with van der Waals surface area (Å²) in [6.45, 7) is 3.78. The fraction of sp³-hybridized carbons (Fsp3) is 0.0909. The van der Waals surface area contributed by atoms with Gasteiger partial charge in [0.25, 0.3) is 11.8 Å². The molecule has 10 heteroatoms. The van der Waals surface area contributed by atoms with Crippen molar-refractivity contribution in [3.63, 3.8) is 0 Å². The Morgan fingerprint density at radius 3 is 2.49 bits per heavy atom. The number of hydrazone groups is 1. The second kappa shape index (κ2) is 13.8. The number of carbonyl (C=O) groups excluding carboxylic acids is 2. The van der Waals surface area contributed by atoms with E-state index in [9.17, 15) is 9.59 Å². The quantitative estimate of drug-likeness (QED) is 0.112. The molecule has 5 aromatic rings. The minimum Gasteiger partial charge on any atom is -0.483 e. The van der Waals surface area contributed by atoms with Crippen molar-refractivity contribution in [3.05, 3.63) is 124 Å². The first kappa shape index (κ1) is 29.5. The number of carbonyl (C=O) groups is 2. The van der Waals surface area contributed by atoms with Crippen LogP contribution in [0, 0.1) is 13.8 Å². The lowest BCUT2D eigenvalue weighted by Crippen LogP contribution is -2.21. The van der Waals surface area contributed by atoms with Gasteiger partial charge in [0.15, 0.2) is 11.7 Å². The largest absolute Gasteiger partial charge is 0.483 e. The summed E-state index contributed by atoms with van der Waals surface area (Å²) in [6.07, 6.45) is 1.42.